The van der Waals surface area contributed by atoms with Crippen LogP contribution in [0.1, 0.15) is 64.6 Å². The number of rotatable bonds is 3. The topological polar surface area (TPSA) is 105 Å². The summed E-state index contributed by atoms with van der Waals surface area (Å²) in [5.74, 6) is 1.29. The van der Waals surface area contributed by atoms with Crippen molar-refractivity contribution in [1.29, 1.82) is 0 Å². The maximum absolute atomic E-state index is 13.1. The fourth-order valence-electron chi connectivity index (χ4n) is 6.71. The molecule has 1 fully saturated rings. The first-order valence-corrected chi connectivity index (χ1v) is 17.2. The van der Waals surface area contributed by atoms with Gasteiger partial charge in [-0.2, -0.15) is 17.6 Å². The Morgan fingerprint density at radius 2 is 1.63 bits per heavy atom. The molecule has 2 aromatic carbocycles. The minimum Gasteiger partial charge on any atom is -0.741 e. The number of ether oxygens (including phenoxy) is 1. The Morgan fingerprint density at radius 1 is 1.02 bits per heavy atom. The number of nitrogens with zero attached hydrogens (tertiary/aromatic N) is 2. The second-order valence-electron chi connectivity index (χ2n) is 12.8. The normalized spacial score (nSPS) is 21.4. The van der Waals surface area contributed by atoms with Gasteiger partial charge in [-0.15, -0.1) is 0 Å². The summed E-state index contributed by atoms with van der Waals surface area (Å²) in [5.41, 5.74) is -0.275. The van der Waals surface area contributed by atoms with E-state index in [2.05, 4.69) is 95.7 Å². The van der Waals surface area contributed by atoms with Crippen LogP contribution in [0, 0.1) is 0 Å². The Hall–Kier alpha value is -3.52. The number of thiazole rings is 1. The standard InChI is InChI=1S/C32H34N3O2S.CHF3O3S/c1-31(2,3)33-29-25-20-37-32-17-11-10-16-23(32)18-24(36)19-26(32)34(25)30-35(29)27(21-12-6-4-7-13-21)28(38-30)22-14-8-5-9-15-22;2-1(3,4)8(5,6)7/h4-9,12-15,18,26,33H,10-11,16-17,19-20H2,1-3H3;(H,5,6,7)/q+1;/p-1/t26-,32+;/m0./s1. The molecule has 0 bridgehead atoms. The molecule has 7 rings (SSSR count). The number of halogens is 3. The van der Waals surface area contributed by atoms with Gasteiger partial charge in [-0.25, -0.2) is 13.0 Å². The first kappa shape index (κ1) is 32.4. The molecule has 0 unspecified atom stereocenters. The molecule has 244 valence electrons. The Labute approximate surface area is 269 Å². The van der Waals surface area contributed by atoms with Crippen LogP contribution in [0.5, 0.6) is 0 Å². The number of hydrogen-bond acceptors (Lipinski definition) is 7. The van der Waals surface area contributed by atoms with Crippen molar-refractivity contribution in [1.82, 2.24) is 4.57 Å². The molecule has 8 nitrogen and oxygen atoms in total. The van der Waals surface area contributed by atoms with Gasteiger partial charge in [0.2, 0.25) is 0 Å². The fourth-order valence-corrected chi connectivity index (χ4v) is 8.06. The van der Waals surface area contributed by atoms with E-state index in [1.165, 1.54) is 27.3 Å². The van der Waals surface area contributed by atoms with E-state index in [1.807, 2.05) is 17.4 Å². The third kappa shape index (κ3) is 5.78. The zero-order chi connectivity index (χ0) is 33.1. The van der Waals surface area contributed by atoms with Crippen molar-refractivity contribution in [2.75, 3.05) is 5.32 Å². The van der Waals surface area contributed by atoms with Crippen molar-refractivity contribution in [3.8, 4) is 21.7 Å². The number of ketones is 1. The number of allylic oxidation sites excluding steroid dienone is 1. The van der Waals surface area contributed by atoms with Gasteiger partial charge in [-0.1, -0.05) is 72.0 Å². The quantitative estimate of drug-likeness (QED) is 0.141. The predicted octanol–water partition coefficient (Wildman–Crippen LogP) is 7.17. The van der Waals surface area contributed by atoms with E-state index in [-0.39, 0.29) is 23.0 Å². The largest absolute Gasteiger partial charge is 0.741 e. The van der Waals surface area contributed by atoms with Crippen LogP contribution in [0.4, 0.5) is 19.0 Å². The molecule has 3 aliphatic rings. The lowest BCUT2D eigenvalue weighted by molar-refractivity contribution is -0.478. The van der Waals surface area contributed by atoms with Gasteiger partial charge < -0.3 is 9.29 Å². The number of alkyl halides is 3. The highest BCUT2D eigenvalue weighted by Crippen LogP contribution is 2.53. The highest BCUT2D eigenvalue weighted by Gasteiger charge is 2.55. The van der Waals surface area contributed by atoms with E-state index in [1.54, 1.807) is 0 Å². The van der Waals surface area contributed by atoms with Crippen molar-refractivity contribution in [2.24, 2.45) is 0 Å². The number of fused-ring (bicyclic) bond motifs is 4. The molecule has 0 radical (unpaired) electrons. The van der Waals surface area contributed by atoms with Gasteiger partial charge in [-0.3, -0.25) is 10.1 Å². The molecule has 2 aliphatic carbocycles. The SMILES string of the molecule is CC(C)(C)Nc1c2n(c3sc(-c4ccccc4)c(-c4ccccc4)[n+]13)[C@H]1CC(=O)C=C3CCCC[C@@]31OC2.O=S(=O)([O-])C(F)(F)F. The maximum atomic E-state index is 13.1. The van der Waals surface area contributed by atoms with E-state index < -0.39 is 15.6 Å². The molecule has 1 N–H and O–H groups in total. The van der Waals surface area contributed by atoms with Gasteiger partial charge in [-0.05, 0) is 63.7 Å². The summed E-state index contributed by atoms with van der Waals surface area (Å²) in [6.07, 6.45) is 6.59. The maximum Gasteiger partial charge on any atom is 0.485 e. The molecule has 2 aromatic heterocycles. The van der Waals surface area contributed by atoms with E-state index in [9.17, 15) is 18.0 Å². The van der Waals surface area contributed by atoms with Crippen LogP contribution in [0.3, 0.4) is 0 Å². The van der Waals surface area contributed by atoms with Crippen LogP contribution in [0.2, 0.25) is 0 Å². The summed E-state index contributed by atoms with van der Waals surface area (Å²) < 4.78 is 70.7. The molecule has 0 saturated heterocycles. The predicted molar refractivity (Wildman–Crippen MR) is 168 cm³/mol. The molecule has 2 atom stereocenters. The second-order valence-corrected chi connectivity index (χ2v) is 15.2. The summed E-state index contributed by atoms with van der Waals surface area (Å²) >= 11 is 1.83. The number of carbonyl (C=O) groups is 1. The highest BCUT2D eigenvalue weighted by atomic mass is 32.2. The Bertz CT molecular complexity index is 1930. The third-order valence-electron chi connectivity index (χ3n) is 8.51. The van der Waals surface area contributed by atoms with Gasteiger partial charge in [0.25, 0.3) is 10.8 Å². The zero-order valence-electron chi connectivity index (χ0n) is 25.6. The van der Waals surface area contributed by atoms with Gasteiger partial charge >= 0.3 is 5.51 Å². The molecule has 4 aromatic rings. The zero-order valence-corrected chi connectivity index (χ0v) is 27.2. The number of nitrogens with one attached hydrogen (secondary N) is 1. The summed E-state index contributed by atoms with van der Waals surface area (Å²) in [6, 6.07) is 21.3. The first-order valence-electron chi connectivity index (χ1n) is 15.0. The molecule has 46 heavy (non-hydrogen) atoms. The van der Waals surface area contributed by atoms with Gasteiger partial charge in [0.05, 0.1) is 10.4 Å². The van der Waals surface area contributed by atoms with Gasteiger partial charge in [0.1, 0.15) is 23.9 Å². The van der Waals surface area contributed by atoms with Crippen LogP contribution in [0.15, 0.2) is 72.3 Å². The van der Waals surface area contributed by atoms with Crippen LogP contribution in [-0.4, -0.2) is 40.0 Å². The molecule has 3 heterocycles. The summed E-state index contributed by atoms with van der Waals surface area (Å²) in [7, 11) is -6.09. The Morgan fingerprint density at radius 3 is 2.22 bits per heavy atom. The Balaban J connectivity index is 0.000000414. The number of hydrogen-bond donors (Lipinski definition) is 1. The average molecular weight is 674 g/mol. The van der Waals surface area contributed by atoms with Gasteiger partial charge in [0, 0.05) is 12.0 Å². The molecule has 1 saturated carbocycles. The molecule has 1 aliphatic heterocycles. The summed E-state index contributed by atoms with van der Waals surface area (Å²) in [4.78, 5) is 15.5. The van der Waals surface area contributed by atoms with Crippen LogP contribution >= 0.6 is 11.3 Å². The lowest BCUT2D eigenvalue weighted by Crippen LogP contribution is -2.51. The molecular weight excluding hydrogens is 640 g/mol. The molecular formula is C33H34F3N3O5S2. The van der Waals surface area contributed by atoms with E-state index in [0.29, 0.717) is 13.0 Å². The third-order valence-corrected chi connectivity index (χ3v) is 10.3. The van der Waals surface area contributed by atoms with Crippen molar-refractivity contribution < 1.29 is 40.1 Å². The number of benzene rings is 2. The molecule has 0 amide bonds. The fraction of sp³-hybridized carbons (Fsp3) is 0.394. The molecule has 1 spiro atoms. The molecule has 13 heteroatoms. The van der Waals surface area contributed by atoms with Crippen molar-refractivity contribution in [3.05, 3.63) is 78.0 Å². The Kier molecular flexibility index (Phi) is 8.19. The van der Waals surface area contributed by atoms with Crippen LogP contribution in [0.25, 0.3) is 26.7 Å². The number of aromatic nitrogens is 2. The number of anilines is 1. The highest BCUT2D eigenvalue weighted by molar-refractivity contribution is 7.86. The lowest BCUT2D eigenvalue weighted by Gasteiger charge is -2.48. The van der Waals surface area contributed by atoms with Crippen molar-refractivity contribution >= 4 is 38.0 Å². The van der Waals surface area contributed by atoms with Crippen LogP contribution in [-0.2, 0) is 26.3 Å². The van der Waals surface area contributed by atoms with Crippen molar-refractivity contribution in [3.63, 3.8) is 0 Å². The summed E-state index contributed by atoms with van der Waals surface area (Å²) in [6.45, 7) is 7.14. The van der Waals surface area contributed by atoms with E-state index in [0.717, 1.165) is 42.2 Å². The van der Waals surface area contributed by atoms with E-state index in [4.69, 9.17) is 17.7 Å². The smallest absolute Gasteiger partial charge is 0.485 e. The average Bonchev–Trinajstić information content (AvgIpc) is 3.51. The van der Waals surface area contributed by atoms with Crippen LogP contribution < -0.4 is 9.72 Å². The number of imidazole rings is 1. The lowest BCUT2D eigenvalue weighted by atomic mass is 9.69. The van der Waals surface area contributed by atoms with Crippen molar-refractivity contribution in [2.45, 2.75) is 82.2 Å². The van der Waals surface area contributed by atoms with E-state index >= 15 is 0 Å². The van der Waals surface area contributed by atoms with Gasteiger partial charge in [0.15, 0.2) is 21.6 Å². The summed E-state index contributed by atoms with van der Waals surface area (Å²) in [5, 5.41) is 3.85. The first-order chi connectivity index (χ1) is 21.6. The monoisotopic (exact) mass is 673 g/mol. The second kappa shape index (κ2) is 11.6. The minimum absolute atomic E-state index is 0.0320. The number of carbonyl (C=O) groups excluding carboxylic acids is 1. The minimum atomic E-state index is -6.09.